The predicted octanol–water partition coefficient (Wildman–Crippen LogP) is 3.64. The maximum atomic E-state index is 12.4. The first kappa shape index (κ1) is 14.3. The van der Waals surface area contributed by atoms with Crippen molar-refractivity contribution in [3.8, 4) is 17.2 Å². The van der Waals surface area contributed by atoms with Crippen molar-refractivity contribution in [1.82, 2.24) is 0 Å². The van der Waals surface area contributed by atoms with Crippen LogP contribution in [0.1, 0.15) is 21.5 Å². The number of hydrogen-bond donors (Lipinski definition) is 1. The van der Waals surface area contributed by atoms with Gasteiger partial charge in [0.05, 0.1) is 12.2 Å². The van der Waals surface area contributed by atoms with Gasteiger partial charge in [0.25, 0.3) is 0 Å². The third-order valence-electron chi connectivity index (χ3n) is 3.64. The van der Waals surface area contributed by atoms with E-state index in [0.717, 1.165) is 15.6 Å². The summed E-state index contributed by atoms with van der Waals surface area (Å²) in [7, 11) is 0. The number of rotatable bonds is 1. The van der Waals surface area contributed by atoms with Crippen LogP contribution < -0.4 is 9.47 Å². The predicted molar refractivity (Wildman–Crippen MR) is 85.5 cm³/mol. The highest BCUT2D eigenvalue weighted by molar-refractivity contribution is 9.10. The monoisotopic (exact) mass is 374 g/mol. The van der Waals surface area contributed by atoms with Gasteiger partial charge >= 0.3 is 0 Å². The number of ketones is 1. The molecule has 0 atom stereocenters. The second-order valence-electron chi connectivity index (χ2n) is 5.21. The molecule has 2 aromatic rings. The van der Waals surface area contributed by atoms with Crippen molar-refractivity contribution in [3.05, 3.63) is 57.3 Å². The zero-order chi connectivity index (χ0) is 16.0. The molecule has 0 amide bonds. The SMILES string of the molecule is O=C1/C(=C\c2cc(Br)cc3c2OCOC3)Oc2cc(O)ccc21. The Morgan fingerprint density at radius 3 is 2.96 bits per heavy atom. The molecule has 0 aliphatic carbocycles. The minimum absolute atomic E-state index is 0.0538. The number of Topliss-reactive ketones (excluding diaryl/α,β-unsaturated/α-hetero) is 1. The number of phenols is 1. The molecule has 2 aliphatic rings. The van der Waals surface area contributed by atoms with E-state index in [0.29, 0.717) is 23.7 Å². The highest BCUT2D eigenvalue weighted by Gasteiger charge is 2.28. The first-order valence-corrected chi connectivity index (χ1v) is 7.71. The topological polar surface area (TPSA) is 65.0 Å². The molecule has 0 radical (unpaired) electrons. The molecule has 0 saturated carbocycles. The van der Waals surface area contributed by atoms with Gasteiger partial charge in [-0.15, -0.1) is 0 Å². The fourth-order valence-corrected chi connectivity index (χ4v) is 3.16. The molecule has 5 nitrogen and oxygen atoms in total. The summed E-state index contributed by atoms with van der Waals surface area (Å²) in [5.74, 6) is 1.07. The van der Waals surface area contributed by atoms with Gasteiger partial charge in [0.1, 0.15) is 17.2 Å². The number of fused-ring (bicyclic) bond motifs is 2. The van der Waals surface area contributed by atoms with Crippen molar-refractivity contribution in [2.24, 2.45) is 0 Å². The number of ether oxygens (including phenoxy) is 3. The zero-order valence-electron chi connectivity index (χ0n) is 11.8. The molecular weight excluding hydrogens is 364 g/mol. The quantitative estimate of drug-likeness (QED) is 0.772. The summed E-state index contributed by atoms with van der Waals surface area (Å²) in [5.41, 5.74) is 2.07. The molecule has 23 heavy (non-hydrogen) atoms. The van der Waals surface area contributed by atoms with Crippen molar-refractivity contribution in [2.45, 2.75) is 6.61 Å². The van der Waals surface area contributed by atoms with E-state index >= 15 is 0 Å². The van der Waals surface area contributed by atoms with Crippen LogP contribution in [0.3, 0.4) is 0 Å². The lowest BCUT2D eigenvalue weighted by Gasteiger charge is -2.20. The first-order valence-electron chi connectivity index (χ1n) is 6.92. The van der Waals surface area contributed by atoms with E-state index in [1.54, 1.807) is 12.1 Å². The van der Waals surface area contributed by atoms with E-state index in [2.05, 4.69) is 15.9 Å². The number of carbonyl (C=O) groups excluding carboxylic acids is 1. The molecule has 116 valence electrons. The molecule has 4 rings (SSSR count). The molecule has 0 unspecified atom stereocenters. The van der Waals surface area contributed by atoms with Crippen LogP contribution in [-0.2, 0) is 11.3 Å². The van der Waals surface area contributed by atoms with E-state index < -0.39 is 0 Å². The summed E-state index contributed by atoms with van der Waals surface area (Å²) in [4.78, 5) is 12.4. The molecule has 0 aromatic heterocycles. The Kier molecular flexibility index (Phi) is 3.36. The van der Waals surface area contributed by atoms with Crippen LogP contribution in [0.25, 0.3) is 6.08 Å². The molecule has 6 heteroatoms. The third-order valence-corrected chi connectivity index (χ3v) is 4.10. The molecule has 0 fully saturated rings. The van der Waals surface area contributed by atoms with Gasteiger partial charge in [-0.05, 0) is 30.3 Å². The Hall–Kier alpha value is -2.31. The maximum Gasteiger partial charge on any atom is 0.231 e. The number of carbonyl (C=O) groups is 1. The Bertz CT molecular complexity index is 856. The number of aromatic hydroxyl groups is 1. The number of hydrogen-bond acceptors (Lipinski definition) is 5. The van der Waals surface area contributed by atoms with Crippen LogP contribution in [-0.4, -0.2) is 17.7 Å². The summed E-state index contributed by atoms with van der Waals surface area (Å²) < 4.78 is 17.3. The van der Waals surface area contributed by atoms with Crippen LogP contribution in [0.4, 0.5) is 0 Å². The molecule has 0 saturated heterocycles. The summed E-state index contributed by atoms with van der Waals surface area (Å²) >= 11 is 3.44. The van der Waals surface area contributed by atoms with E-state index in [1.165, 1.54) is 12.1 Å². The van der Waals surface area contributed by atoms with Gasteiger partial charge in [0.2, 0.25) is 5.78 Å². The van der Waals surface area contributed by atoms with Gasteiger partial charge in [-0.1, -0.05) is 15.9 Å². The number of halogens is 1. The van der Waals surface area contributed by atoms with Crippen LogP contribution in [0, 0.1) is 0 Å². The van der Waals surface area contributed by atoms with Gasteiger partial charge in [0, 0.05) is 21.7 Å². The highest BCUT2D eigenvalue weighted by atomic mass is 79.9. The minimum Gasteiger partial charge on any atom is -0.508 e. The lowest BCUT2D eigenvalue weighted by atomic mass is 10.1. The molecule has 2 aliphatic heterocycles. The largest absolute Gasteiger partial charge is 0.508 e. The summed E-state index contributed by atoms with van der Waals surface area (Å²) in [5, 5.41) is 9.50. The average Bonchev–Trinajstić information content (AvgIpc) is 2.82. The first-order chi connectivity index (χ1) is 11.1. The maximum absolute atomic E-state index is 12.4. The number of phenolic OH excluding ortho intramolecular Hbond substituents is 1. The van der Waals surface area contributed by atoms with Crippen LogP contribution in [0.15, 0.2) is 40.6 Å². The second-order valence-corrected chi connectivity index (χ2v) is 6.13. The molecule has 2 heterocycles. The Labute approximate surface area is 140 Å². The lowest BCUT2D eigenvalue weighted by molar-refractivity contribution is -0.0165. The molecule has 0 bridgehead atoms. The number of allylic oxidation sites excluding steroid dienone is 1. The molecule has 1 N–H and O–H groups in total. The van der Waals surface area contributed by atoms with Crippen LogP contribution >= 0.6 is 15.9 Å². The minimum atomic E-state index is -0.221. The Morgan fingerprint density at radius 1 is 1.22 bits per heavy atom. The molecule has 2 aromatic carbocycles. The van der Waals surface area contributed by atoms with Crippen LogP contribution in [0.5, 0.6) is 17.2 Å². The van der Waals surface area contributed by atoms with Crippen molar-refractivity contribution in [3.63, 3.8) is 0 Å². The van der Waals surface area contributed by atoms with E-state index in [4.69, 9.17) is 14.2 Å². The second kappa shape index (κ2) is 5.40. The normalized spacial score (nSPS) is 17.4. The van der Waals surface area contributed by atoms with E-state index in [1.807, 2.05) is 12.1 Å². The third kappa shape index (κ3) is 2.50. The lowest BCUT2D eigenvalue weighted by Crippen LogP contribution is -2.12. The highest BCUT2D eigenvalue weighted by Crippen LogP contribution is 2.37. The molecule has 0 spiro atoms. The van der Waals surface area contributed by atoms with Gasteiger partial charge in [-0.3, -0.25) is 4.79 Å². The fourth-order valence-electron chi connectivity index (χ4n) is 2.63. The van der Waals surface area contributed by atoms with Gasteiger partial charge in [0.15, 0.2) is 12.6 Å². The molecular formula is C17H11BrO5. The Morgan fingerprint density at radius 2 is 2.09 bits per heavy atom. The standard InChI is InChI=1S/C17H11BrO5/c18-11-3-9(17-10(4-11)7-21-8-22-17)5-15-16(20)13-2-1-12(19)6-14(13)23-15/h1-6,19H,7-8H2/b15-5+. The van der Waals surface area contributed by atoms with Gasteiger partial charge < -0.3 is 19.3 Å². The summed E-state index contributed by atoms with van der Waals surface area (Å²) in [6.45, 7) is 0.627. The van der Waals surface area contributed by atoms with Gasteiger partial charge in [-0.25, -0.2) is 0 Å². The smallest absolute Gasteiger partial charge is 0.231 e. The van der Waals surface area contributed by atoms with Crippen molar-refractivity contribution < 1.29 is 24.1 Å². The van der Waals surface area contributed by atoms with E-state index in [9.17, 15) is 9.90 Å². The fraction of sp³-hybridized carbons (Fsp3) is 0.118. The van der Waals surface area contributed by atoms with Crippen molar-refractivity contribution in [2.75, 3.05) is 6.79 Å². The van der Waals surface area contributed by atoms with Crippen molar-refractivity contribution in [1.29, 1.82) is 0 Å². The van der Waals surface area contributed by atoms with Gasteiger partial charge in [-0.2, -0.15) is 0 Å². The summed E-state index contributed by atoms with van der Waals surface area (Å²) in [6.07, 6.45) is 1.65. The van der Waals surface area contributed by atoms with Crippen molar-refractivity contribution >= 4 is 27.8 Å². The number of benzene rings is 2. The van der Waals surface area contributed by atoms with E-state index in [-0.39, 0.29) is 24.1 Å². The summed E-state index contributed by atoms with van der Waals surface area (Å²) in [6, 6.07) is 8.21. The zero-order valence-corrected chi connectivity index (χ0v) is 13.4. The van der Waals surface area contributed by atoms with Crippen LogP contribution in [0.2, 0.25) is 0 Å². The Balaban J connectivity index is 1.78. The average molecular weight is 375 g/mol.